The Balaban J connectivity index is 2.49. The summed E-state index contributed by atoms with van der Waals surface area (Å²) in [6.07, 6.45) is 1.35. The minimum absolute atomic E-state index is 0.0916. The van der Waals surface area contributed by atoms with Crippen molar-refractivity contribution in [2.45, 2.75) is 11.8 Å². The number of rotatable bonds is 4. The molecule has 0 fully saturated rings. The van der Waals surface area contributed by atoms with Crippen molar-refractivity contribution in [1.82, 2.24) is 15.2 Å². The molecule has 0 radical (unpaired) electrons. The second kappa shape index (κ2) is 5.10. The highest BCUT2D eigenvalue weighted by Gasteiger charge is 2.29. The molecule has 0 amide bonds. The summed E-state index contributed by atoms with van der Waals surface area (Å²) >= 11 is 5.80. The summed E-state index contributed by atoms with van der Waals surface area (Å²) in [6.45, 7) is 1.40. The summed E-state index contributed by atoms with van der Waals surface area (Å²) in [7, 11) is -4.17. The molecule has 2 aromatic heterocycles. The van der Waals surface area contributed by atoms with E-state index in [4.69, 9.17) is 16.7 Å². The number of halogens is 1. The number of aryl methyl sites for hydroxylation is 1. The zero-order valence-corrected chi connectivity index (χ0v) is 11.7. The van der Waals surface area contributed by atoms with Gasteiger partial charge in [0, 0.05) is 6.20 Å². The molecular formula is C10H9ClN4O4S. The number of aromatic carboxylic acids is 1. The van der Waals surface area contributed by atoms with Crippen LogP contribution in [0.4, 0.5) is 5.82 Å². The van der Waals surface area contributed by atoms with Crippen LogP contribution in [0.15, 0.2) is 23.2 Å². The van der Waals surface area contributed by atoms with Crippen molar-refractivity contribution >= 4 is 33.4 Å². The number of carboxylic acids is 1. The van der Waals surface area contributed by atoms with E-state index in [9.17, 15) is 13.2 Å². The van der Waals surface area contributed by atoms with E-state index in [2.05, 4.69) is 19.9 Å². The van der Waals surface area contributed by atoms with Crippen LogP contribution < -0.4 is 4.72 Å². The van der Waals surface area contributed by atoms with Gasteiger partial charge in [-0.25, -0.2) is 18.2 Å². The Morgan fingerprint density at radius 1 is 1.50 bits per heavy atom. The second-order valence-corrected chi connectivity index (χ2v) is 5.80. The van der Waals surface area contributed by atoms with E-state index >= 15 is 0 Å². The number of pyridine rings is 1. The molecule has 8 nitrogen and oxygen atoms in total. The number of carbonyl (C=O) groups is 1. The van der Waals surface area contributed by atoms with Gasteiger partial charge in [-0.15, -0.1) is 0 Å². The van der Waals surface area contributed by atoms with E-state index in [1.165, 1.54) is 25.3 Å². The molecule has 2 aromatic rings. The van der Waals surface area contributed by atoms with Gasteiger partial charge in [-0.05, 0) is 19.1 Å². The molecule has 0 spiro atoms. The number of nitrogens with one attached hydrogen (secondary N) is 2. The van der Waals surface area contributed by atoms with Gasteiger partial charge in [-0.3, -0.25) is 9.82 Å². The SMILES string of the molecule is Cc1[nH]nc(C(=O)O)c1S(=O)(=O)Nc1ncccc1Cl. The topological polar surface area (TPSA) is 125 Å². The van der Waals surface area contributed by atoms with Gasteiger partial charge in [0.05, 0.1) is 10.7 Å². The van der Waals surface area contributed by atoms with Crippen LogP contribution in [0.2, 0.25) is 5.02 Å². The maximum atomic E-state index is 12.2. The summed E-state index contributed by atoms with van der Waals surface area (Å²) in [4.78, 5) is 14.3. The zero-order chi connectivity index (χ0) is 14.9. The Morgan fingerprint density at radius 3 is 2.80 bits per heavy atom. The molecule has 0 unspecified atom stereocenters. The third-order valence-electron chi connectivity index (χ3n) is 2.35. The Bertz CT molecular complexity index is 771. The quantitative estimate of drug-likeness (QED) is 0.780. The lowest BCUT2D eigenvalue weighted by atomic mass is 10.4. The third-order valence-corrected chi connectivity index (χ3v) is 4.16. The van der Waals surface area contributed by atoms with E-state index in [1.807, 2.05) is 0 Å². The van der Waals surface area contributed by atoms with Gasteiger partial charge in [0.2, 0.25) is 0 Å². The first-order valence-corrected chi connectivity index (χ1v) is 7.10. The average molecular weight is 317 g/mol. The van der Waals surface area contributed by atoms with Crippen molar-refractivity contribution in [3.05, 3.63) is 34.7 Å². The largest absolute Gasteiger partial charge is 0.476 e. The lowest BCUT2D eigenvalue weighted by Crippen LogP contribution is -2.17. The molecule has 0 aliphatic heterocycles. The molecule has 0 aromatic carbocycles. The fourth-order valence-corrected chi connectivity index (χ4v) is 3.11. The maximum absolute atomic E-state index is 12.2. The van der Waals surface area contributed by atoms with Gasteiger partial charge in [-0.2, -0.15) is 5.10 Å². The average Bonchev–Trinajstić information content (AvgIpc) is 2.75. The van der Waals surface area contributed by atoms with Gasteiger partial charge in [0.15, 0.2) is 11.5 Å². The molecule has 106 valence electrons. The molecule has 0 saturated carbocycles. The monoisotopic (exact) mass is 316 g/mol. The zero-order valence-electron chi connectivity index (χ0n) is 10.1. The number of hydrogen-bond acceptors (Lipinski definition) is 5. The molecule has 0 saturated heterocycles. The number of hydrogen-bond donors (Lipinski definition) is 3. The van der Waals surface area contributed by atoms with Gasteiger partial charge in [0.1, 0.15) is 4.90 Å². The van der Waals surface area contributed by atoms with Crippen molar-refractivity contribution in [1.29, 1.82) is 0 Å². The summed E-state index contributed by atoms with van der Waals surface area (Å²) in [5.41, 5.74) is -0.496. The summed E-state index contributed by atoms with van der Waals surface area (Å²) < 4.78 is 26.6. The van der Waals surface area contributed by atoms with Crippen LogP contribution in [0.25, 0.3) is 0 Å². The van der Waals surface area contributed by atoms with Crippen LogP contribution in [-0.2, 0) is 10.0 Å². The van der Waals surface area contributed by atoms with Gasteiger partial charge in [-0.1, -0.05) is 11.6 Å². The Hall–Kier alpha value is -2.13. The Morgan fingerprint density at radius 2 is 2.20 bits per heavy atom. The van der Waals surface area contributed by atoms with E-state index < -0.39 is 26.6 Å². The molecule has 2 rings (SSSR count). The molecular weight excluding hydrogens is 308 g/mol. The number of aromatic nitrogens is 3. The van der Waals surface area contributed by atoms with E-state index in [0.717, 1.165) is 0 Å². The lowest BCUT2D eigenvalue weighted by Gasteiger charge is -2.08. The molecule has 0 aliphatic carbocycles. The summed E-state index contributed by atoms with van der Waals surface area (Å²) in [5.74, 6) is -1.55. The molecule has 3 N–H and O–H groups in total. The molecule has 0 atom stereocenters. The highest BCUT2D eigenvalue weighted by atomic mass is 35.5. The Kier molecular flexibility index (Phi) is 3.64. The number of H-pyrrole nitrogens is 1. The first-order valence-electron chi connectivity index (χ1n) is 5.24. The highest BCUT2D eigenvalue weighted by Crippen LogP contribution is 2.24. The fourth-order valence-electron chi connectivity index (χ4n) is 1.53. The number of nitrogens with zero attached hydrogens (tertiary/aromatic N) is 2. The first-order chi connectivity index (χ1) is 9.33. The molecule has 10 heteroatoms. The van der Waals surface area contributed by atoms with Crippen molar-refractivity contribution in [3.63, 3.8) is 0 Å². The van der Waals surface area contributed by atoms with Crippen molar-refractivity contribution in [2.75, 3.05) is 4.72 Å². The van der Waals surface area contributed by atoms with Crippen LogP contribution >= 0.6 is 11.6 Å². The van der Waals surface area contributed by atoms with Crippen LogP contribution in [-0.4, -0.2) is 34.7 Å². The molecule has 0 aliphatic rings. The molecule has 20 heavy (non-hydrogen) atoms. The number of anilines is 1. The van der Waals surface area contributed by atoms with Crippen molar-refractivity contribution in [3.8, 4) is 0 Å². The highest BCUT2D eigenvalue weighted by molar-refractivity contribution is 7.92. The smallest absolute Gasteiger partial charge is 0.357 e. The summed E-state index contributed by atoms with van der Waals surface area (Å²) in [5, 5.41) is 14.8. The van der Waals surface area contributed by atoms with Crippen molar-refractivity contribution < 1.29 is 18.3 Å². The maximum Gasteiger partial charge on any atom is 0.357 e. The van der Waals surface area contributed by atoms with Crippen molar-refractivity contribution in [2.24, 2.45) is 0 Å². The fraction of sp³-hybridized carbons (Fsp3) is 0.100. The molecule has 0 bridgehead atoms. The van der Waals surface area contributed by atoms with E-state index in [-0.39, 0.29) is 16.5 Å². The standard InChI is InChI=1S/C10H9ClN4O4S/c1-5-8(7(10(16)17)14-13-5)20(18,19)15-9-6(11)3-2-4-12-9/h2-4H,1H3,(H,12,15)(H,13,14)(H,16,17). The minimum Gasteiger partial charge on any atom is -0.476 e. The van der Waals surface area contributed by atoms with E-state index in [0.29, 0.717) is 0 Å². The minimum atomic E-state index is -4.17. The number of aromatic amines is 1. The second-order valence-electron chi connectivity index (χ2n) is 3.77. The van der Waals surface area contributed by atoms with Crippen LogP contribution in [0, 0.1) is 6.92 Å². The number of sulfonamides is 1. The Labute approximate surface area is 118 Å². The molecule has 2 heterocycles. The van der Waals surface area contributed by atoms with E-state index in [1.54, 1.807) is 0 Å². The van der Waals surface area contributed by atoms with Gasteiger partial charge < -0.3 is 5.11 Å². The van der Waals surface area contributed by atoms with Gasteiger partial charge in [0.25, 0.3) is 10.0 Å². The predicted octanol–water partition coefficient (Wildman–Crippen LogP) is 1.27. The number of carboxylic acid groups (broad SMARTS) is 1. The van der Waals surface area contributed by atoms with Gasteiger partial charge >= 0.3 is 5.97 Å². The third kappa shape index (κ3) is 2.58. The van der Waals surface area contributed by atoms with Crippen LogP contribution in [0.1, 0.15) is 16.2 Å². The predicted molar refractivity (Wildman–Crippen MR) is 70.3 cm³/mol. The first kappa shape index (κ1) is 14.3. The summed E-state index contributed by atoms with van der Waals surface area (Å²) in [6, 6.07) is 2.98. The lowest BCUT2D eigenvalue weighted by molar-refractivity contribution is 0.0686. The van der Waals surface area contributed by atoms with Crippen LogP contribution in [0.3, 0.4) is 0 Å². The normalized spacial score (nSPS) is 11.3. The van der Waals surface area contributed by atoms with Crippen LogP contribution in [0.5, 0.6) is 0 Å².